The molecule has 0 saturated carbocycles. The Balaban J connectivity index is 0.000000261. The first-order valence-corrected chi connectivity index (χ1v) is 10.7. The van der Waals surface area contributed by atoms with Crippen molar-refractivity contribution in [3.05, 3.63) is 82.1 Å². The van der Waals surface area contributed by atoms with Gasteiger partial charge in [0.25, 0.3) is 0 Å². The van der Waals surface area contributed by atoms with E-state index in [2.05, 4.69) is 70.2 Å². The van der Waals surface area contributed by atoms with Gasteiger partial charge in [0.2, 0.25) is 0 Å². The third-order valence-electron chi connectivity index (χ3n) is 4.55. The van der Waals surface area contributed by atoms with Gasteiger partial charge in [-0.25, -0.2) is 0 Å². The fraction of sp³-hybridized carbons (Fsp3) is 0.320. The fourth-order valence-electron chi connectivity index (χ4n) is 2.80. The highest BCUT2D eigenvalue weighted by Gasteiger charge is 2.09. The maximum absolute atomic E-state index is 10.9. The summed E-state index contributed by atoms with van der Waals surface area (Å²) in [4.78, 5) is 10.9. The smallest absolute Gasteiger partial charge is 0.139 e. The first-order chi connectivity index (χ1) is 13.3. The Hall–Kier alpha value is -2.26. The molecule has 0 aliphatic carbocycles. The van der Waals surface area contributed by atoms with Crippen LogP contribution in [0.5, 0.6) is 0 Å². The molecule has 0 aliphatic heterocycles. The van der Waals surface area contributed by atoms with Gasteiger partial charge in [0, 0.05) is 16.9 Å². The molecule has 3 heteroatoms. The van der Waals surface area contributed by atoms with Gasteiger partial charge >= 0.3 is 0 Å². The number of ketones is 1. The van der Waals surface area contributed by atoms with Gasteiger partial charge in [-0.3, -0.25) is 4.79 Å². The maximum atomic E-state index is 10.9. The van der Waals surface area contributed by atoms with Crippen LogP contribution in [0, 0.1) is 34.6 Å². The summed E-state index contributed by atoms with van der Waals surface area (Å²) >= 11 is 1.63. The van der Waals surface area contributed by atoms with E-state index >= 15 is 0 Å². The van der Waals surface area contributed by atoms with Crippen molar-refractivity contribution in [2.24, 2.45) is 0 Å². The number of benzene rings is 2. The number of thioether (sulfide) groups is 1. The van der Waals surface area contributed by atoms with Crippen molar-refractivity contribution < 1.29 is 9.21 Å². The number of carbonyl (C=O) groups excluding carboxylic acids is 1. The largest absolute Gasteiger partial charge is 0.461 e. The number of rotatable bonds is 5. The Bertz CT molecular complexity index is 937. The fourth-order valence-corrected chi connectivity index (χ4v) is 3.70. The minimum atomic E-state index is 0.213. The molecule has 2 nitrogen and oxygen atoms in total. The molecular formula is C25H30O2S. The van der Waals surface area contributed by atoms with E-state index < -0.39 is 0 Å². The average Bonchev–Trinajstić information content (AvgIpc) is 3.00. The van der Waals surface area contributed by atoms with Crippen LogP contribution in [0.15, 0.2) is 52.9 Å². The van der Waals surface area contributed by atoms with Crippen LogP contribution < -0.4 is 0 Å². The van der Waals surface area contributed by atoms with Crippen molar-refractivity contribution >= 4 is 17.5 Å². The Morgan fingerprint density at radius 2 is 1.61 bits per heavy atom. The Kier molecular flexibility index (Phi) is 8.13. The SMILES string of the molecule is CC(=O)CSCc1cc(-c2cccc(C)c2)oc1C.Cc1ccc(C)c(C)c1. The minimum absolute atomic E-state index is 0.213. The van der Waals surface area contributed by atoms with Crippen molar-refractivity contribution in [2.45, 2.75) is 47.3 Å². The van der Waals surface area contributed by atoms with Crippen molar-refractivity contribution in [1.29, 1.82) is 0 Å². The third kappa shape index (κ3) is 6.72. The summed E-state index contributed by atoms with van der Waals surface area (Å²) in [6.07, 6.45) is 0. The maximum Gasteiger partial charge on any atom is 0.139 e. The molecule has 0 amide bonds. The number of furan rings is 1. The molecule has 1 heterocycles. The second-order valence-electron chi connectivity index (χ2n) is 7.34. The topological polar surface area (TPSA) is 30.2 Å². The molecule has 2 aromatic carbocycles. The number of Topliss-reactive ketones (excluding diaryl/α,β-unsaturated/α-hetero) is 1. The summed E-state index contributed by atoms with van der Waals surface area (Å²) < 4.78 is 5.81. The van der Waals surface area contributed by atoms with E-state index in [1.807, 2.05) is 13.0 Å². The van der Waals surface area contributed by atoms with Crippen LogP contribution >= 0.6 is 11.8 Å². The zero-order valence-electron chi connectivity index (χ0n) is 17.8. The van der Waals surface area contributed by atoms with Gasteiger partial charge < -0.3 is 4.42 Å². The molecule has 0 radical (unpaired) electrons. The van der Waals surface area contributed by atoms with Crippen LogP contribution in [0.4, 0.5) is 0 Å². The zero-order valence-corrected chi connectivity index (χ0v) is 18.6. The molecule has 0 aliphatic rings. The predicted molar refractivity (Wildman–Crippen MR) is 121 cm³/mol. The summed E-state index contributed by atoms with van der Waals surface area (Å²) in [5.74, 6) is 3.43. The van der Waals surface area contributed by atoms with Gasteiger partial charge in [-0.15, -0.1) is 11.8 Å². The van der Waals surface area contributed by atoms with E-state index in [0.29, 0.717) is 5.75 Å². The van der Waals surface area contributed by atoms with Crippen LogP contribution in [-0.2, 0) is 10.5 Å². The van der Waals surface area contributed by atoms with E-state index in [1.54, 1.807) is 18.7 Å². The van der Waals surface area contributed by atoms with Crippen molar-refractivity contribution in [3.63, 3.8) is 0 Å². The molecule has 0 saturated heterocycles. The third-order valence-corrected chi connectivity index (χ3v) is 5.67. The highest BCUT2D eigenvalue weighted by Crippen LogP contribution is 2.28. The summed E-state index contributed by atoms with van der Waals surface area (Å²) in [6.45, 7) is 12.1. The van der Waals surface area contributed by atoms with Crippen molar-refractivity contribution in [3.8, 4) is 11.3 Å². The molecule has 0 bridgehead atoms. The predicted octanol–water partition coefficient (Wildman–Crippen LogP) is 7.00. The monoisotopic (exact) mass is 394 g/mol. The molecule has 0 fully saturated rings. The Morgan fingerprint density at radius 3 is 2.21 bits per heavy atom. The molecule has 3 aromatic rings. The lowest BCUT2D eigenvalue weighted by Crippen LogP contribution is -1.93. The highest BCUT2D eigenvalue weighted by atomic mass is 32.2. The lowest BCUT2D eigenvalue weighted by Gasteiger charge is -1.98. The first-order valence-electron chi connectivity index (χ1n) is 9.53. The number of carbonyl (C=O) groups is 1. The van der Waals surface area contributed by atoms with Crippen molar-refractivity contribution in [1.82, 2.24) is 0 Å². The molecule has 1 aromatic heterocycles. The van der Waals surface area contributed by atoms with Gasteiger partial charge in [-0.1, -0.05) is 47.5 Å². The summed E-state index contributed by atoms with van der Waals surface area (Å²) in [5, 5.41) is 0. The van der Waals surface area contributed by atoms with Gasteiger partial charge in [0.15, 0.2) is 0 Å². The highest BCUT2D eigenvalue weighted by molar-refractivity contribution is 7.99. The molecular weight excluding hydrogens is 364 g/mol. The van der Waals surface area contributed by atoms with Gasteiger partial charge in [0.05, 0.1) is 5.75 Å². The Morgan fingerprint density at radius 1 is 0.893 bits per heavy atom. The van der Waals surface area contributed by atoms with Gasteiger partial charge in [-0.05, 0) is 64.8 Å². The molecule has 148 valence electrons. The number of aryl methyl sites for hydroxylation is 5. The number of hydrogen-bond donors (Lipinski definition) is 0. The first kappa shape index (κ1) is 22.0. The average molecular weight is 395 g/mol. The van der Waals surface area contributed by atoms with Crippen LogP contribution in [0.25, 0.3) is 11.3 Å². The molecule has 0 spiro atoms. The van der Waals surface area contributed by atoms with Crippen molar-refractivity contribution in [2.75, 3.05) is 5.75 Å². The Labute approximate surface area is 173 Å². The summed E-state index contributed by atoms with van der Waals surface area (Å²) in [6, 6.07) is 16.9. The number of hydrogen-bond acceptors (Lipinski definition) is 3. The van der Waals surface area contributed by atoms with Crippen LogP contribution in [0.3, 0.4) is 0 Å². The van der Waals surface area contributed by atoms with Crippen LogP contribution in [0.1, 0.15) is 40.5 Å². The lowest BCUT2D eigenvalue weighted by atomic mass is 10.1. The van der Waals surface area contributed by atoms with E-state index in [4.69, 9.17) is 4.42 Å². The summed E-state index contributed by atoms with van der Waals surface area (Å²) in [5.41, 5.74) is 7.60. The van der Waals surface area contributed by atoms with E-state index in [1.165, 1.54) is 27.8 Å². The lowest BCUT2D eigenvalue weighted by molar-refractivity contribution is -0.114. The molecule has 0 N–H and O–H groups in total. The normalized spacial score (nSPS) is 10.4. The van der Waals surface area contributed by atoms with Gasteiger partial charge in [0.1, 0.15) is 17.3 Å². The molecule has 0 atom stereocenters. The quantitative estimate of drug-likeness (QED) is 0.467. The van der Waals surface area contributed by atoms with Crippen LogP contribution in [0.2, 0.25) is 0 Å². The van der Waals surface area contributed by atoms with E-state index in [9.17, 15) is 4.79 Å². The minimum Gasteiger partial charge on any atom is -0.461 e. The second kappa shape index (κ2) is 10.3. The summed E-state index contributed by atoms with van der Waals surface area (Å²) in [7, 11) is 0. The molecule has 3 rings (SSSR count). The standard InChI is InChI=1S/C16H18O2S.C9H12/c1-11-5-4-6-14(7-11)16-8-15(13(3)18-16)10-19-9-12(2)17;1-7-4-5-8(2)9(3)6-7/h4-8H,9-10H2,1-3H3;4-6H,1-3H3. The second-order valence-corrected chi connectivity index (χ2v) is 8.33. The van der Waals surface area contributed by atoms with Gasteiger partial charge in [-0.2, -0.15) is 0 Å². The van der Waals surface area contributed by atoms with E-state index in [0.717, 1.165) is 22.8 Å². The molecule has 0 unspecified atom stereocenters. The van der Waals surface area contributed by atoms with Crippen LogP contribution in [-0.4, -0.2) is 11.5 Å². The molecule has 28 heavy (non-hydrogen) atoms. The van der Waals surface area contributed by atoms with E-state index in [-0.39, 0.29) is 5.78 Å². The zero-order chi connectivity index (χ0) is 20.7.